The molecule has 0 amide bonds. The van der Waals surface area contributed by atoms with Crippen LogP contribution in [-0.4, -0.2) is 22.9 Å². The van der Waals surface area contributed by atoms with E-state index in [0.717, 1.165) is 28.7 Å². The molecule has 2 rings (SSSR count). The molecule has 1 aromatic heterocycles. The van der Waals surface area contributed by atoms with Crippen molar-refractivity contribution >= 4 is 40.0 Å². The predicted octanol–water partition coefficient (Wildman–Crippen LogP) is 1.83. The number of benzene rings is 1. The molecule has 98 valence electrons. The van der Waals surface area contributed by atoms with Crippen LogP contribution in [0.3, 0.4) is 0 Å². The summed E-state index contributed by atoms with van der Waals surface area (Å²) >= 11 is 4.68. The van der Waals surface area contributed by atoms with Crippen molar-refractivity contribution < 1.29 is 0 Å². The Morgan fingerprint density at radius 1 is 1.42 bits per heavy atom. The van der Waals surface area contributed by atoms with Crippen molar-refractivity contribution in [3.8, 4) is 0 Å². The van der Waals surface area contributed by atoms with E-state index in [0.29, 0.717) is 0 Å². The van der Waals surface area contributed by atoms with E-state index in [1.807, 2.05) is 24.3 Å². The highest BCUT2D eigenvalue weighted by molar-refractivity contribution is 7.80. The van der Waals surface area contributed by atoms with Crippen LogP contribution in [0.2, 0.25) is 0 Å². The summed E-state index contributed by atoms with van der Waals surface area (Å²) in [6, 6.07) is 8.02. The van der Waals surface area contributed by atoms with Gasteiger partial charge in [0.1, 0.15) is 0 Å². The van der Waals surface area contributed by atoms with Crippen LogP contribution in [0.1, 0.15) is 12.6 Å². The minimum absolute atomic E-state index is 0.129. The Morgan fingerprint density at radius 2 is 2.16 bits per heavy atom. The normalized spacial score (nSPS) is 10.8. The summed E-state index contributed by atoms with van der Waals surface area (Å²) in [7, 11) is 0. The third-order valence-corrected chi connectivity index (χ3v) is 2.65. The SMILES string of the molecule is CCNc1cnc(/C=N/NC(N)=S)c2ccccc12. The zero-order valence-electron chi connectivity index (χ0n) is 10.6. The monoisotopic (exact) mass is 273 g/mol. The van der Waals surface area contributed by atoms with Gasteiger partial charge in [-0.15, -0.1) is 0 Å². The highest BCUT2D eigenvalue weighted by Crippen LogP contribution is 2.23. The van der Waals surface area contributed by atoms with E-state index in [9.17, 15) is 0 Å². The number of fused-ring (bicyclic) bond motifs is 1. The third-order valence-electron chi connectivity index (χ3n) is 2.55. The summed E-state index contributed by atoms with van der Waals surface area (Å²) in [5.74, 6) is 0. The lowest BCUT2D eigenvalue weighted by Gasteiger charge is -2.09. The average Bonchev–Trinajstić information content (AvgIpc) is 2.41. The van der Waals surface area contributed by atoms with Gasteiger partial charge in [0.25, 0.3) is 0 Å². The Morgan fingerprint density at radius 3 is 2.84 bits per heavy atom. The molecular formula is C13H15N5S. The molecule has 0 aliphatic rings. The number of nitrogens with zero attached hydrogens (tertiary/aromatic N) is 2. The van der Waals surface area contributed by atoms with Crippen LogP contribution >= 0.6 is 12.2 Å². The molecule has 0 saturated heterocycles. The molecule has 2 aromatic rings. The first-order chi connectivity index (χ1) is 9.22. The molecule has 6 heteroatoms. The molecule has 0 bridgehead atoms. The first kappa shape index (κ1) is 13.2. The van der Waals surface area contributed by atoms with Crippen LogP contribution in [0.5, 0.6) is 0 Å². The Bertz CT molecular complexity index is 623. The van der Waals surface area contributed by atoms with Gasteiger partial charge in [0.15, 0.2) is 5.11 Å². The lowest BCUT2D eigenvalue weighted by atomic mass is 10.1. The van der Waals surface area contributed by atoms with Gasteiger partial charge < -0.3 is 11.1 Å². The fourth-order valence-corrected chi connectivity index (χ4v) is 1.86. The van der Waals surface area contributed by atoms with Gasteiger partial charge in [-0.1, -0.05) is 24.3 Å². The average molecular weight is 273 g/mol. The topological polar surface area (TPSA) is 75.3 Å². The molecule has 0 aliphatic heterocycles. The third kappa shape index (κ3) is 3.17. The Balaban J connectivity index is 2.43. The first-order valence-electron chi connectivity index (χ1n) is 5.92. The van der Waals surface area contributed by atoms with E-state index in [-0.39, 0.29) is 5.11 Å². The fourth-order valence-electron chi connectivity index (χ4n) is 1.81. The maximum absolute atomic E-state index is 5.31. The van der Waals surface area contributed by atoms with Crippen LogP contribution in [0.4, 0.5) is 5.69 Å². The number of thiocarbonyl (C=S) groups is 1. The number of pyridine rings is 1. The molecule has 4 N–H and O–H groups in total. The Kier molecular flexibility index (Phi) is 4.25. The fraction of sp³-hybridized carbons (Fsp3) is 0.154. The zero-order chi connectivity index (χ0) is 13.7. The number of rotatable bonds is 4. The van der Waals surface area contributed by atoms with E-state index in [1.165, 1.54) is 0 Å². The van der Waals surface area contributed by atoms with Gasteiger partial charge in [0.05, 0.1) is 23.8 Å². The van der Waals surface area contributed by atoms with Gasteiger partial charge in [-0.3, -0.25) is 10.4 Å². The summed E-state index contributed by atoms with van der Waals surface area (Å²) in [4.78, 5) is 4.39. The Hall–Kier alpha value is -2.21. The lowest BCUT2D eigenvalue weighted by molar-refractivity contribution is 1.04. The van der Waals surface area contributed by atoms with E-state index >= 15 is 0 Å². The number of aromatic nitrogens is 1. The molecule has 0 radical (unpaired) electrons. The van der Waals surface area contributed by atoms with Crippen LogP contribution in [0, 0.1) is 0 Å². The van der Waals surface area contributed by atoms with E-state index in [1.54, 1.807) is 12.4 Å². The van der Waals surface area contributed by atoms with Crippen molar-refractivity contribution in [3.63, 3.8) is 0 Å². The largest absolute Gasteiger partial charge is 0.384 e. The van der Waals surface area contributed by atoms with Crippen molar-refractivity contribution in [2.75, 3.05) is 11.9 Å². The van der Waals surface area contributed by atoms with Gasteiger partial charge in [0.2, 0.25) is 0 Å². The molecular weight excluding hydrogens is 258 g/mol. The highest BCUT2D eigenvalue weighted by atomic mass is 32.1. The van der Waals surface area contributed by atoms with Crippen LogP contribution in [-0.2, 0) is 0 Å². The van der Waals surface area contributed by atoms with Gasteiger partial charge in [0, 0.05) is 17.3 Å². The molecule has 0 fully saturated rings. The van der Waals surface area contributed by atoms with Crippen molar-refractivity contribution in [2.45, 2.75) is 6.92 Å². The molecule has 1 aromatic carbocycles. The van der Waals surface area contributed by atoms with E-state index in [4.69, 9.17) is 5.73 Å². The number of hydrazone groups is 1. The molecule has 0 unspecified atom stereocenters. The van der Waals surface area contributed by atoms with Crippen molar-refractivity contribution in [1.82, 2.24) is 10.4 Å². The molecule has 0 atom stereocenters. The van der Waals surface area contributed by atoms with Crippen molar-refractivity contribution in [2.24, 2.45) is 10.8 Å². The standard InChI is InChI=1S/C13H15N5S/c1-2-15-11-7-16-12(8-17-18-13(14)19)10-6-4-3-5-9(10)11/h3-8,15H,2H2,1H3,(H3,14,18,19)/b17-8+. The minimum atomic E-state index is 0.129. The molecule has 0 saturated carbocycles. The number of anilines is 1. The number of hydrogen-bond donors (Lipinski definition) is 3. The van der Waals surface area contributed by atoms with Crippen LogP contribution in [0.15, 0.2) is 35.6 Å². The zero-order valence-corrected chi connectivity index (χ0v) is 11.4. The molecule has 1 heterocycles. The van der Waals surface area contributed by atoms with Gasteiger partial charge in [-0.05, 0) is 19.1 Å². The maximum atomic E-state index is 5.31. The summed E-state index contributed by atoms with van der Waals surface area (Å²) in [5.41, 5.74) is 9.61. The molecule has 0 spiro atoms. The number of nitrogens with one attached hydrogen (secondary N) is 2. The second-order valence-corrected chi connectivity index (χ2v) is 4.31. The lowest BCUT2D eigenvalue weighted by Crippen LogP contribution is -2.24. The van der Waals surface area contributed by atoms with Gasteiger partial charge in [-0.2, -0.15) is 5.10 Å². The number of hydrogen-bond acceptors (Lipinski definition) is 4. The summed E-state index contributed by atoms with van der Waals surface area (Å²) in [6.07, 6.45) is 3.41. The molecule has 19 heavy (non-hydrogen) atoms. The minimum Gasteiger partial charge on any atom is -0.384 e. The predicted molar refractivity (Wildman–Crippen MR) is 83.4 cm³/mol. The van der Waals surface area contributed by atoms with E-state index < -0.39 is 0 Å². The summed E-state index contributed by atoms with van der Waals surface area (Å²) in [6.45, 7) is 2.90. The smallest absolute Gasteiger partial charge is 0.184 e. The van der Waals surface area contributed by atoms with Gasteiger partial charge >= 0.3 is 0 Å². The Labute approximate surface area is 116 Å². The highest BCUT2D eigenvalue weighted by Gasteiger charge is 2.04. The van der Waals surface area contributed by atoms with Crippen LogP contribution < -0.4 is 16.5 Å². The summed E-state index contributed by atoms with van der Waals surface area (Å²) in [5, 5.41) is 9.49. The molecule has 5 nitrogen and oxygen atoms in total. The van der Waals surface area contributed by atoms with Gasteiger partial charge in [-0.25, -0.2) is 0 Å². The summed E-state index contributed by atoms with van der Waals surface area (Å²) < 4.78 is 0. The second-order valence-electron chi connectivity index (χ2n) is 3.87. The second kappa shape index (κ2) is 6.10. The van der Waals surface area contributed by atoms with Crippen LogP contribution in [0.25, 0.3) is 10.8 Å². The first-order valence-corrected chi connectivity index (χ1v) is 6.33. The maximum Gasteiger partial charge on any atom is 0.184 e. The molecule has 0 aliphatic carbocycles. The van der Waals surface area contributed by atoms with Crippen molar-refractivity contribution in [3.05, 3.63) is 36.2 Å². The quantitative estimate of drug-likeness (QED) is 0.450. The number of nitrogens with two attached hydrogens (primary N) is 1. The van der Waals surface area contributed by atoms with E-state index in [2.05, 4.69) is 40.0 Å². The van der Waals surface area contributed by atoms with Crippen molar-refractivity contribution in [1.29, 1.82) is 0 Å².